The van der Waals surface area contributed by atoms with Gasteiger partial charge in [0.15, 0.2) is 17.5 Å². The van der Waals surface area contributed by atoms with Gasteiger partial charge < -0.3 is 9.84 Å². The Labute approximate surface area is 128 Å². The monoisotopic (exact) mass is 334 g/mol. The maximum atomic E-state index is 12.2. The highest BCUT2D eigenvalue weighted by atomic mass is 32.2. The van der Waals surface area contributed by atoms with E-state index in [0.717, 1.165) is 24.0 Å². The molecule has 0 aliphatic carbocycles. The van der Waals surface area contributed by atoms with Gasteiger partial charge in [-0.25, -0.2) is 4.98 Å². The van der Waals surface area contributed by atoms with Crippen molar-refractivity contribution in [3.05, 3.63) is 53.2 Å². The quantitative estimate of drug-likeness (QED) is 0.347. The summed E-state index contributed by atoms with van der Waals surface area (Å²) < 4.78 is 41.2. The van der Waals surface area contributed by atoms with Crippen molar-refractivity contribution in [2.24, 2.45) is 0 Å². The van der Waals surface area contributed by atoms with Gasteiger partial charge in [-0.1, -0.05) is 31.0 Å². The van der Waals surface area contributed by atoms with E-state index in [2.05, 4.69) is 27.9 Å². The maximum absolute atomic E-state index is 12.2. The Morgan fingerprint density at radius 3 is 2.64 bits per heavy atom. The first-order valence-electron chi connectivity index (χ1n) is 5.85. The van der Waals surface area contributed by atoms with Crippen molar-refractivity contribution < 1.29 is 23.0 Å². The van der Waals surface area contributed by atoms with Crippen LogP contribution in [0.1, 0.15) is 0 Å². The van der Waals surface area contributed by atoms with Gasteiger partial charge in [-0.2, -0.15) is 13.2 Å². The molecule has 0 aliphatic heterocycles. The van der Waals surface area contributed by atoms with Crippen LogP contribution in [0.4, 0.5) is 13.2 Å². The van der Waals surface area contributed by atoms with Gasteiger partial charge in [0.2, 0.25) is 0 Å². The number of hydrogen-bond acceptors (Lipinski definition) is 5. The minimum absolute atomic E-state index is 0.0547. The normalized spacial score (nSPS) is 12.5. The minimum atomic E-state index is -4.46. The molecule has 0 fully saturated rings. The van der Waals surface area contributed by atoms with Crippen molar-refractivity contribution in [1.29, 1.82) is 0 Å². The van der Waals surface area contributed by atoms with E-state index in [1.54, 1.807) is 0 Å². The Hall–Kier alpha value is -2.16. The second-order valence-corrected chi connectivity index (χ2v) is 4.86. The zero-order valence-electron chi connectivity index (χ0n) is 11.3. The van der Waals surface area contributed by atoms with Crippen molar-refractivity contribution in [2.75, 3.05) is 12.4 Å². The summed E-state index contributed by atoms with van der Waals surface area (Å²) in [6.07, 6.45) is -1.00. The van der Waals surface area contributed by atoms with Crippen molar-refractivity contribution in [2.45, 2.75) is 11.3 Å². The Bertz CT molecular complexity index is 638. The summed E-state index contributed by atoms with van der Waals surface area (Å²) >= 11 is 1.04. The highest BCUT2D eigenvalue weighted by Gasteiger charge is 2.28. The number of thioether (sulfide) groups is 1. The molecule has 0 radical (unpaired) electrons. The molecule has 2 N–H and O–H groups in total. The van der Waals surface area contributed by atoms with Gasteiger partial charge in [-0.05, 0) is 6.08 Å². The highest BCUT2D eigenvalue weighted by molar-refractivity contribution is 7.99. The van der Waals surface area contributed by atoms with E-state index in [-0.39, 0.29) is 16.7 Å². The fourth-order valence-corrected chi connectivity index (χ4v) is 2.11. The average molecular weight is 334 g/mol. The Kier molecular flexibility index (Phi) is 6.29. The predicted octanol–water partition coefficient (Wildman–Crippen LogP) is 2.77. The number of alkyl halides is 3. The summed E-state index contributed by atoms with van der Waals surface area (Å²) in [5.41, 5.74) is -0.348. The lowest BCUT2D eigenvalue weighted by atomic mass is 10.2. The molecule has 5 nitrogen and oxygen atoms in total. The number of aromatic hydroxyl groups is 1. The van der Waals surface area contributed by atoms with Crippen LogP contribution >= 0.6 is 11.8 Å². The number of nitrogens with one attached hydrogen (secondary N) is 1. The fourth-order valence-electron chi connectivity index (χ4n) is 1.26. The second kappa shape index (κ2) is 7.74. The summed E-state index contributed by atoms with van der Waals surface area (Å²) in [6, 6.07) is 0. The first kappa shape index (κ1) is 17.9. The lowest BCUT2D eigenvalue weighted by molar-refractivity contribution is -0.163. The molecule has 22 heavy (non-hydrogen) atoms. The van der Waals surface area contributed by atoms with Crippen LogP contribution in [0.2, 0.25) is 0 Å². The van der Waals surface area contributed by atoms with Crippen LogP contribution < -0.4 is 5.56 Å². The fraction of sp³-hybridized carbons (Fsp3) is 0.231. The van der Waals surface area contributed by atoms with Crippen LogP contribution in [0.3, 0.4) is 0 Å². The summed E-state index contributed by atoms with van der Waals surface area (Å²) in [7, 11) is 0. The molecule has 0 amide bonds. The molecule has 0 aromatic carbocycles. The third kappa shape index (κ3) is 5.68. The number of halogens is 3. The van der Waals surface area contributed by atoms with Gasteiger partial charge in [-0.15, -0.1) is 0 Å². The third-order valence-electron chi connectivity index (χ3n) is 2.26. The first-order valence-corrected chi connectivity index (χ1v) is 6.84. The molecule has 0 atom stereocenters. The molecule has 0 aliphatic rings. The van der Waals surface area contributed by atoms with Gasteiger partial charge in [0.25, 0.3) is 5.56 Å². The van der Waals surface area contributed by atoms with E-state index in [0.29, 0.717) is 5.57 Å². The topological polar surface area (TPSA) is 75.2 Å². The number of allylic oxidation sites excluding steroid dienone is 2. The number of hydrogen-bond donors (Lipinski definition) is 2. The van der Waals surface area contributed by atoms with Crippen LogP contribution in [-0.2, 0) is 4.74 Å². The van der Waals surface area contributed by atoms with E-state index in [1.807, 2.05) is 0 Å². The lowest BCUT2D eigenvalue weighted by Crippen LogP contribution is -2.17. The SMILES string of the molecule is C=C/C(CSc1ncc(O)c(=O)[nH]1)=C(\C=C)OCC(F)(F)F. The maximum Gasteiger partial charge on any atom is 0.422 e. The van der Waals surface area contributed by atoms with E-state index < -0.39 is 24.1 Å². The van der Waals surface area contributed by atoms with Gasteiger partial charge in [0.05, 0.1) is 6.20 Å². The molecular weight excluding hydrogens is 321 g/mol. The number of nitrogens with zero attached hydrogens (tertiary/aromatic N) is 1. The molecule has 0 saturated heterocycles. The molecule has 0 bridgehead atoms. The number of rotatable bonds is 7. The lowest BCUT2D eigenvalue weighted by Gasteiger charge is -2.12. The zero-order chi connectivity index (χ0) is 16.8. The molecule has 0 spiro atoms. The van der Waals surface area contributed by atoms with Crippen molar-refractivity contribution >= 4 is 11.8 Å². The molecule has 1 aromatic rings. The Morgan fingerprint density at radius 2 is 2.14 bits per heavy atom. The summed E-state index contributed by atoms with van der Waals surface area (Å²) in [6.45, 7) is 5.46. The molecular formula is C13H13F3N2O3S. The average Bonchev–Trinajstić information content (AvgIpc) is 2.45. The number of ether oxygens (including phenoxy) is 1. The molecule has 0 unspecified atom stereocenters. The van der Waals surface area contributed by atoms with Gasteiger partial charge in [0.1, 0.15) is 5.76 Å². The standard InChI is InChI=1S/C13H13F3N2O3S/c1-3-8(10(4-2)21-7-13(14,15)16)6-22-12-17-5-9(19)11(20)18-12/h3-5,19H,1-2,6-7H2,(H,17,18,20)/b10-8-. The van der Waals surface area contributed by atoms with E-state index in [1.165, 1.54) is 6.08 Å². The molecule has 120 valence electrons. The number of H-pyrrole nitrogens is 1. The van der Waals surface area contributed by atoms with E-state index >= 15 is 0 Å². The molecule has 1 aromatic heterocycles. The van der Waals surface area contributed by atoms with Crippen LogP contribution in [0.25, 0.3) is 0 Å². The molecule has 0 saturated carbocycles. The third-order valence-corrected chi connectivity index (χ3v) is 3.20. The van der Waals surface area contributed by atoms with Crippen molar-refractivity contribution in [1.82, 2.24) is 9.97 Å². The Morgan fingerprint density at radius 1 is 1.45 bits per heavy atom. The van der Waals surface area contributed by atoms with Gasteiger partial charge >= 0.3 is 6.18 Å². The first-order chi connectivity index (χ1) is 10.3. The number of aromatic amines is 1. The zero-order valence-corrected chi connectivity index (χ0v) is 12.1. The van der Waals surface area contributed by atoms with E-state index in [9.17, 15) is 18.0 Å². The molecule has 1 heterocycles. The van der Waals surface area contributed by atoms with E-state index in [4.69, 9.17) is 5.11 Å². The predicted molar refractivity (Wildman–Crippen MR) is 76.7 cm³/mol. The van der Waals surface area contributed by atoms with Gasteiger partial charge in [0, 0.05) is 11.3 Å². The van der Waals surface area contributed by atoms with Crippen LogP contribution in [0.15, 0.2) is 52.8 Å². The van der Waals surface area contributed by atoms with Crippen LogP contribution in [0, 0.1) is 0 Å². The molecule has 1 rings (SSSR count). The smallest absolute Gasteiger partial charge is 0.422 e. The Balaban J connectivity index is 2.82. The largest absolute Gasteiger partial charge is 0.502 e. The van der Waals surface area contributed by atoms with Crippen LogP contribution in [-0.4, -0.2) is 33.6 Å². The molecule has 9 heteroatoms. The summed E-state index contributed by atoms with van der Waals surface area (Å²) in [5.74, 6) is -0.429. The summed E-state index contributed by atoms with van der Waals surface area (Å²) in [4.78, 5) is 17.3. The second-order valence-electron chi connectivity index (χ2n) is 3.89. The van der Waals surface area contributed by atoms with Gasteiger partial charge in [-0.3, -0.25) is 9.78 Å². The van der Waals surface area contributed by atoms with Crippen molar-refractivity contribution in [3.63, 3.8) is 0 Å². The number of aromatic nitrogens is 2. The highest BCUT2D eigenvalue weighted by Crippen LogP contribution is 2.22. The minimum Gasteiger partial charge on any atom is -0.502 e. The van der Waals surface area contributed by atoms with Crippen LogP contribution in [0.5, 0.6) is 5.75 Å². The summed E-state index contributed by atoms with van der Waals surface area (Å²) in [5, 5.41) is 9.25. The van der Waals surface area contributed by atoms with Crippen molar-refractivity contribution in [3.8, 4) is 5.75 Å².